The number of aryl methyl sites for hydroxylation is 1. The maximum Gasteiger partial charge on any atom is 0.341 e. The van der Waals surface area contributed by atoms with E-state index in [2.05, 4.69) is 5.32 Å². The van der Waals surface area contributed by atoms with Gasteiger partial charge < -0.3 is 19.2 Å². The molecule has 6 nitrogen and oxygen atoms in total. The van der Waals surface area contributed by atoms with Crippen LogP contribution in [0.4, 0.5) is 9.39 Å². The van der Waals surface area contributed by atoms with Crippen LogP contribution >= 0.6 is 22.9 Å². The van der Waals surface area contributed by atoms with E-state index >= 15 is 0 Å². The van der Waals surface area contributed by atoms with E-state index in [1.54, 1.807) is 6.07 Å². The van der Waals surface area contributed by atoms with E-state index < -0.39 is 17.7 Å². The highest BCUT2D eigenvalue weighted by Crippen LogP contribution is 2.39. The molecule has 1 unspecified atom stereocenters. The zero-order valence-electron chi connectivity index (χ0n) is 18.9. The molecule has 1 aliphatic rings. The van der Waals surface area contributed by atoms with Crippen LogP contribution in [0.5, 0.6) is 5.75 Å². The average molecular weight is 506 g/mol. The Kier molecular flexibility index (Phi) is 7.58. The van der Waals surface area contributed by atoms with Crippen molar-refractivity contribution in [3.63, 3.8) is 0 Å². The predicted octanol–water partition coefficient (Wildman–Crippen LogP) is 6.80. The minimum absolute atomic E-state index is 0.0123. The van der Waals surface area contributed by atoms with Gasteiger partial charge in [-0.1, -0.05) is 18.5 Å². The minimum Gasteiger partial charge on any atom is -0.484 e. The molecule has 34 heavy (non-hydrogen) atoms. The van der Waals surface area contributed by atoms with Crippen LogP contribution in [0.1, 0.15) is 70.2 Å². The standard InChI is InChI=1S/C25H25ClFNO5S/c1-3-14(2)32-25(30)22-17-6-4-5-7-21(17)34-24(22)28-23(29)20-11-9-16(33-20)13-31-19-10-8-15(27)12-18(19)26/h8-12,14H,3-7,13H2,1-2H3,(H,28,29). The van der Waals surface area contributed by atoms with Crippen molar-refractivity contribution in [2.45, 2.75) is 58.7 Å². The zero-order valence-corrected chi connectivity index (χ0v) is 20.5. The Hall–Kier alpha value is -2.84. The maximum absolute atomic E-state index is 13.2. The summed E-state index contributed by atoms with van der Waals surface area (Å²) in [7, 11) is 0. The van der Waals surface area contributed by atoms with Crippen LogP contribution in [0.25, 0.3) is 0 Å². The topological polar surface area (TPSA) is 77.8 Å². The van der Waals surface area contributed by atoms with Crippen molar-refractivity contribution in [2.75, 3.05) is 5.32 Å². The number of thiophene rings is 1. The third-order valence-electron chi connectivity index (χ3n) is 5.63. The van der Waals surface area contributed by atoms with Gasteiger partial charge in [0.15, 0.2) is 5.76 Å². The lowest BCUT2D eigenvalue weighted by Gasteiger charge is -2.15. The van der Waals surface area contributed by atoms with Crippen molar-refractivity contribution >= 4 is 39.8 Å². The molecule has 2 heterocycles. The number of halogens is 2. The largest absolute Gasteiger partial charge is 0.484 e. The van der Waals surface area contributed by atoms with Gasteiger partial charge >= 0.3 is 5.97 Å². The predicted molar refractivity (Wildman–Crippen MR) is 129 cm³/mol. The Morgan fingerprint density at radius 3 is 2.79 bits per heavy atom. The molecule has 1 N–H and O–H groups in total. The summed E-state index contributed by atoms with van der Waals surface area (Å²) in [6.07, 6.45) is 4.23. The van der Waals surface area contributed by atoms with Crippen molar-refractivity contribution in [3.05, 3.63) is 68.7 Å². The number of hydrogen-bond donors (Lipinski definition) is 1. The molecular formula is C25H25ClFNO5S. The van der Waals surface area contributed by atoms with Crippen LogP contribution in [0.3, 0.4) is 0 Å². The van der Waals surface area contributed by atoms with E-state index in [0.29, 0.717) is 28.5 Å². The average Bonchev–Trinajstić information content (AvgIpc) is 3.42. The van der Waals surface area contributed by atoms with Crippen molar-refractivity contribution in [2.24, 2.45) is 0 Å². The fourth-order valence-corrected chi connectivity index (χ4v) is 5.17. The Morgan fingerprint density at radius 1 is 1.24 bits per heavy atom. The van der Waals surface area contributed by atoms with Gasteiger partial charge in [-0.05, 0) is 74.9 Å². The number of benzene rings is 1. The summed E-state index contributed by atoms with van der Waals surface area (Å²) < 4.78 is 29.9. The summed E-state index contributed by atoms with van der Waals surface area (Å²) in [5.74, 6) is -0.559. The Balaban J connectivity index is 1.48. The van der Waals surface area contributed by atoms with Gasteiger partial charge in [0.05, 0.1) is 16.7 Å². The molecule has 2 aromatic heterocycles. The second-order valence-corrected chi connectivity index (χ2v) is 9.64. The molecule has 4 rings (SSSR count). The number of nitrogens with one attached hydrogen (secondary N) is 1. The molecule has 1 aliphatic carbocycles. The molecule has 1 aromatic carbocycles. The molecular weight excluding hydrogens is 481 g/mol. The van der Waals surface area contributed by atoms with Gasteiger partial charge in [-0.2, -0.15) is 0 Å². The van der Waals surface area contributed by atoms with Gasteiger partial charge in [-0.15, -0.1) is 11.3 Å². The summed E-state index contributed by atoms with van der Waals surface area (Å²) >= 11 is 7.39. The molecule has 0 saturated carbocycles. The molecule has 1 amide bonds. The molecule has 9 heteroatoms. The van der Waals surface area contributed by atoms with Crippen LogP contribution in [0, 0.1) is 5.82 Å². The lowest BCUT2D eigenvalue weighted by atomic mass is 9.95. The number of carbonyl (C=O) groups is 2. The zero-order chi connectivity index (χ0) is 24.2. The highest BCUT2D eigenvalue weighted by atomic mass is 35.5. The first-order chi connectivity index (χ1) is 16.4. The number of amides is 1. The number of anilines is 1. The van der Waals surface area contributed by atoms with Crippen LogP contribution in [0.2, 0.25) is 5.02 Å². The third-order valence-corrected chi connectivity index (χ3v) is 7.14. The third kappa shape index (κ3) is 5.45. The second-order valence-electron chi connectivity index (χ2n) is 8.12. The molecule has 0 fully saturated rings. The van der Waals surface area contributed by atoms with Gasteiger partial charge in [0.25, 0.3) is 5.91 Å². The first kappa shape index (κ1) is 24.3. The fourth-order valence-electron chi connectivity index (χ4n) is 3.68. The fraction of sp³-hybridized carbons (Fsp3) is 0.360. The van der Waals surface area contributed by atoms with E-state index in [9.17, 15) is 14.0 Å². The van der Waals surface area contributed by atoms with Crippen LogP contribution in [0.15, 0.2) is 34.7 Å². The van der Waals surface area contributed by atoms with E-state index in [1.807, 2.05) is 13.8 Å². The lowest BCUT2D eigenvalue weighted by Crippen LogP contribution is -2.18. The smallest absolute Gasteiger partial charge is 0.341 e. The Bertz CT molecular complexity index is 1200. The van der Waals surface area contributed by atoms with Gasteiger partial charge in [0, 0.05) is 4.88 Å². The van der Waals surface area contributed by atoms with E-state index in [0.717, 1.165) is 42.2 Å². The minimum atomic E-state index is -0.470. The number of furan rings is 1. The monoisotopic (exact) mass is 505 g/mol. The normalized spacial score (nSPS) is 13.8. The SMILES string of the molecule is CCC(C)OC(=O)c1c(NC(=O)c2ccc(COc3ccc(F)cc3Cl)o2)sc2c1CCCC2. The number of hydrogen-bond acceptors (Lipinski definition) is 6. The van der Waals surface area contributed by atoms with Gasteiger partial charge in [-0.25, -0.2) is 9.18 Å². The second kappa shape index (κ2) is 10.6. The summed E-state index contributed by atoms with van der Waals surface area (Å²) in [4.78, 5) is 26.9. The number of rotatable bonds is 8. The molecule has 0 radical (unpaired) electrons. The number of esters is 1. The van der Waals surface area contributed by atoms with E-state index in [4.69, 9.17) is 25.5 Å². The van der Waals surface area contributed by atoms with Crippen LogP contribution < -0.4 is 10.1 Å². The van der Waals surface area contributed by atoms with E-state index in [-0.39, 0.29) is 23.5 Å². The van der Waals surface area contributed by atoms with Crippen molar-refractivity contribution in [3.8, 4) is 5.75 Å². The first-order valence-corrected chi connectivity index (χ1v) is 12.4. The Morgan fingerprint density at radius 2 is 2.03 bits per heavy atom. The lowest BCUT2D eigenvalue weighted by molar-refractivity contribution is 0.0335. The summed E-state index contributed by atoms with van der Waals surface area (Å²) in [5.41, 5.74) is 1.43. The number of carbonyl (C=O) groups excluding carboxylic acids is 2. The van der Waals surface area contributed by atoms with Gasteiger partial charge in [-0.3, -0.25) is 4.79 Å². The molecule has 1 atom stereocenters. The van der Waals surface area contributed by atoms with Crippen molar-refractivity contribution in [1.29, 1.82) is 0 Å². The summed E-state index contributed by atoms with van der Waals surface area (Å²) in [5, 5.41) is 3.47. The number of fused-ring (bicyclic) bond motifs is 1. The molecule has 0 aliphatic heterocycles. The molecule has 0 saturated heterocycles. The molecule has 0 bridgehead atoms. The summed E-state index contributed by atoms with van der Waals surface area (Å²) in [6, 6.07) is 6.97. The molecule has 3 aromatic rings. The maximum atomic E-state index is 13.2. The van der Waals surface area contributed by atoms with Gasteiger partial charge in [0.1, 0.15) is 28.9 Å². The van der Waals surface area contributed by atoms with Crippen LogP contribution in [-0.2, 0) is 24.2 Å². The Labute approximate surface area is 206 Å². The molecule has 180 valence electrons. The van der Waals surface area contributed by atoms with Crippen molar-refractivity contribution < 1.29 is 27.9 Å². The highest BCUT2D eigenvalue weighted by molar-refractivity contribution is 7.17. The van der Waals surface area contributed by atoms with E-state index in [1.165, 1.54) is 29.5 Å². The number of ether oxygens (including phenoxy) is 2. The first-order valence-electron chi connectivity index (χ1n) is 11.2. The van der Waals surface area contributed by atoms with Crippen LogP contribution in [-0.4, -0.2) is 18.0 Å². The summed E-state index contributed by atoms with van der Waals surface area (Å²) in [6.45, 7) is 3.81. The van der Waals surface area contributed by atoms with Crippen molar-refractivity contribution in [1.82, 2.24) is 0 Å². The molecule has 0 spiro atoms. The van der Waals surface area contributed by atoms with Gasteiger partial charge in [0.2, 0.25) is 0 Å². The highest BCUT2D eigenvalue weighted by Gasteiger charge is 2.28. The quantitative estimate of drug-likeness (QED) is 0.341.